The molecule has 7 nitrogen and oxygen atoms in total. The zero-order chi connectivity index (χ0) is 17.9. The SMILES string of the molecule is Cc1ccc([N+](=O)[O-])cc1S(=O)(=O)Nc1cccc(OC(C)C)c1. The lowest BCUT2D eigenvalue weighted by atomic mass is 10.2. The van der Waals surface area contributed by atoms with Crippen LogP contribution < -0.4 is 9.46 Å². The van der Waals surface area contributed by atoms with Gasteiger partial charge in [0.1, 0.15) is 5.75 Å². The quantitative estimate of drug-likeness (QED) is 0.635. The van der Waals surface area contributed by atoms with Gasteiger partial charge >= 0.3 is 0 Å². The van der Waals surface area contributed by atoms with E-state index in [1.807, 2.05) is 13.8 Å². The maximum absolute atomic E-state index is 12.6. The summed E-state index contributed by atoms with van der Waals surface area (Å²) in [5.74, 6) is 0.529. The van der Waals surface area contributed by atoms with Gasteiger partial charge in [0.2, 0.25) is 0 Å². The predicted molar refractivity (Wildman–Crippen MR) is 90.8 cm³/mol. The Morgan fingerprint density at radius 3 is 2.50 bits per heavy atom. The molecular weight excluding hydrogens is 332 g/mol. The van der Waals surface area contributed by atoms with Crippen molar-refractivity contribution in [2.75, 3.05) is 4.72 Å². The Morgan fingerprint density at radius 2 is 1.88 bits per heavy atom. The van der Waals surface area contributed by atoms with Crippen molar-refractivity contribution < 1.29 is 18.1 Å². The number of sulfonamides is 1. The van der Waals surface area contributed by atoms with Gasteiger partial charge in [-0.15, -0.1) is 0 Å². The van der Waals surface area contributed by atoms with Crippen molar-refractivity contribution in [3.8, 4) is 5.75 Å². The molecule has 0 bridgehead atoms. The standard InChI is InChI=1S/C16H18N2O5S/c1-11(2)23-15-6-4-5-13(9-15)17-24(21,22)16-10-14(18(19)20)8-7-12(16)3/h4-11,17H,1-3H3. The second-order valence-corrected chi connectivity index (χ2v) is 7.16. The highest BCUT2D eigenvalue weighted by Gasteiger charge is 2.20. The number of hydrogen-bond donors (Lipinski definition) is 1. The molecule has 0 spiro atoms. The fraction of sp³-hybridized carbons (Fsp3) is 0.250. The van der Waals surface area contributed by atoms with E-state index in [0.717, 1.165) is 6.07 Å². The van der Waals surface area contributed by atoms with Crippen molar-refractivity contribution in [1.29, 1.82) is 0 Å². The van der Waals surface area contributed by atoms with Crippen molar-refractivity contribution >= 4 is 21.4 Å². The Bertz CT molecular complexity index is 863. The number of hydrogen-bond acceptors (Lipinski definition) is 5. The first kappa shape index (κ1) is 17.7. The summed E-state index contributed by atoms with van der Waals surface area (Å²) >= 11 is 0. The number of benzene rings is 2. The highest BCUT2D eigenvalue weighted by atomic mass is 32.2. The molecule has 2 aromatic rings. The maximum atomic E-state index is 12.6. The van der Waals surface area contributed by atoms with E-state index >= 15 is 0 Å². The van der Waals surface area contributed by atoms with E-state index in [2.05, 4.69) is 4.72 Å². The van der Waals surface area contributed by atoms with Gasteiger partial charge in [0, 0.05) is 18.2 Å². The van der Waals surface area contributed by atoms with Crippen LogP contribution in [0.5, 0.6) is 5.75 Å². The lowest BCUT2D eigenvalue weighted by molar-refractivity contribution is -0.385. The van der Waals surface area contributed by atoms with Gasteiger partial charge in [-0.25, -0.2) is 8.42 Å². The number of aryl methyl sites for hydroxylation is 1. The van der Waals surface area contributed by atoms with E-state index in [0.29, 0.717) is 17.0 Å². The number of nitro benzene ring substituents is 1. The van der Waals surface area contributed by atoms with E-state index in [1.165, 1.54) is 12.1 Å². The molecule has 0 aromatic heterocycles. The van der Waals surface area contributed by atoms with Gasteiger partial charge in [0.05, 0.1) is 21.6 Å². The third kappa shape index (κ3) is 4.23. The maximum Gasteiger partial charge on any atom is 0.270 e. The average Bonchev–Trinajstić information content (AvgIpc) is 2.46. The van der Waals surface area contributed by atoms with Gasteiger partial charge in [-0.2, -0.15) is 0 Å². The zero-order valence-electron chi connectivity index (χ0n) is 13.5. The number of nitro groups is 1. The third-order valence-electron chi connectivity index (χ3n) is 3.13. The Kier molecular flexibility index (Phi) is 5.08. The summed E-state index contributed by atoms with van der Waals surface area (Å²) in [6.45, 7) is 5.31. The van der Waals surface area contributed by atoms with Crippen molar-refractivity contribution in [3.63, 3.8) is 0 Å². The van der Waals surface area contributed by atoms with Gasteiger partial charge in [0.25, 0.3) is 15.7 Å². The summed E-state index contributed by atoms with van der Waals surface area (Å²) < 4.78 is 33.1. The molecule has 128 valence electrons. The van der Waals surface area contributed by atoms with E-state index < -0.39 is 14.9 Å². The molecule has 0 atom stereocenters. The molecule has 2 aromatic carbocycles. The number of rotatable bonds is 6. The molecule has 2 rings (SSSR count). The predicted octanol–water partition coefficient (Wildman–Crippen LogP) is 3.49. The summed E-state index contributed by atoms with van der Waals surface area (Å²) in [5, 5.41) is 10.9. The van der Waals surface area contributed by atoms with Crippen LogP contribution in [-0.2, 0) is 10.0 Å². The van der Waals surface area contributed by atoms with Gasteiger partial charge in [-0.05, 0) is 38.5 Å². The minimum atomic E-state index is -3.96. The Labute approximate surface area is 140 Å². The summed E-state index contributed by atoms with van der Waals surface area (Å²) in [6.07, 6.45) is -0.0455. The fourth-order valence-electron chi connectivity index (χ4n) is 2.11. The molecule has 0 fully saturated rings. The summed E-state index contributed by atoms with van der Waals surface area (Å²) in [4.78, 5) is 10.1. The normalized spacial score (nSPS) is 11.3. The van der Waals surface area contributed by atoms with Crippen LogP contribution in [0.2, 0.25) is 0 Å². The molecule has 0 saturated carbocycles. The molecular formula is C16H18N2O5S. The van der Waals surface area contributed by atoms with Gasteiger partial charge in [0.15, 0.2) is 0 Å². The van der Waals surface area contributed by atoms with Crippen LogP contribution in [-0.4, -0.2) is 19.4 Å². The van der Waals surface area contributed by atoms with Crippen LogP contribution in [0, 0.1) is 17.0 Å². The van der Waals surface area contributed by atoms with E-state index in [1.54, 1.807) is 31.2 Å². The first-order chi connectivity index (χ1) is 11.2. The average molecular weight is 350 g/mol. The van der Waals surface area contributed by atoms with Crippen LogP contribution in [0.3, 0.4) is 0 Å². The molecule has 0 saturated heterocycles. The molecule has 0 aliphatic rings. The highest BCUT2D eigenvalue weighted by molar-refractivity contribution is 7.92. The molecule has 0 unspecified atom stereocenters. The van der Waals surface area contributed by atoms with Crippen molar-refractivity contribution in [3.05, 3.63) is 58.1 Å². The van der Waals surface area contributed by atoms with Gasteiger partial charge < -0.3 is 4.74 Å². The summed E-state index contributed by atoms with van der Waals surface area (Å²) in [6, 6.07) is 10.2. The molecule has 24 heavy (non-hydrogen) atoms. The first-order valence-corrected chi connectivity index (χ1v) is 8.72. The number of non-ortho nitro benzene ring substituents is 1. The van der Waals surface area contributed by atoms with Gasteiger partial charge in [-0.1, -0.05) is 12.1 Å². The third-order valence-corrected chi connectivity index (χ3v) is 4.65. The molecule has 0 amide bonds. The molecule has 1 N–H and O–H groups in total. The summed E-state index contributed by atoms with van der Waals surface area (Å²) in [7, 11) is -3.96. The monoisotopic (exact) mass is 350 g/mol. The van der Waals surface area contributed by atoms with Crippen LogP contribution >= 0.6 is 0 Å². The summed E-state index contributed by atoms with van der Waals surface area (Å²) in [5.41, 5.74) is 0.458. The molecule has 8 heteroatoms. The second kappa shape index (κ2) is 6.88. The lowest BCUT2D eigenvalue weighted by Crippen LogP contribution is -2.15. The topological polar surface area (TPSA) is 98.5 Å². The van der Waals surface area contributed by atoms with Crippen LogP contribution in [0.4, 0.5) is 11.4 Å². The van der Waals surface area contributed by atoms with Crippen molar-refractivity contribution in [2.24, 2.45) is 0 Å². The minimum Gasteiger partial charge on any atom is -0.491 e. The number of nitrogens with one attached hydrogen (secondary N) is 1. The van der Waals surface area contributed by atoms with Gasteiger partial charge in [-0.3, -0.25) is 14.8 Å². The first-order valence-electron chi connectivity index (χ1n) is 7.23. The second-order valence-electron chi connectivity index (χ2n) is 5.51. The van der Waals surface area contributed by atoms with Crippen molar-refractivity contribution in [2.45, 2.75) is 31.8 Å². The van der Waals surface area contributed by atoms with Crippen LogP contribution in [0.15, 0.2) is 47.4 Å². The molecule has 0 aliphatic carbocycles. The zero-order valence-corrected chi connectivity index (χ0v) is 14.3. The molecule has 0 heterocycles. The van der Waals surface area contributed by atoms with E-state index in [4.69, 9.17) is 4.74 Å². The van der Waals surface area contributed by atoms with Crippen LogP contribution in [0.1, 0.15) is 19.4 Å². The smallest absolute Gasteiger partial charge is 0.270 e. The lowest BCUT2D eigenvalue weighted by Gasteiger charge is -2.13. The number of anilines is 1. The molecule has 0 radical (unpaired) electrons. The number of nitrogens with zero attached hydrogens (tertiary/aromatic N) is 1. The Hall–Kier alpha value is -2.61. The van der Waals surface area contributed by atoms with E-state index in [-0.39, 0.29) is 16.7 Å². The van der Waals surface area contributed by atoms with Crippen LogP contribution in [0.25, 0.3) is 0 Å². The number of ether oxygens (including phenoxy) is 1. The fourth-order valence-corrected chi connectivity index (χ4v) is 3.42. The minimum absolute atomic E-state index is 0.0455. The van der Waals surface area contributed by atoms with E-state index in [9.17, 15) is 18.5 Å². The highest BCUT2D eigenvalue weighted by Crippen LogP contribution is 2.25. The largest absolute Gasteiger partial charge is 0.491 e. The Morgan fingerprint density at radius 1 is 1.17 bits per heavy atom. The Balaban J connectivity index is 2.35. The molecule has 0 aliphatic heterocycles. The van der Waals surface area contributed by atoms with Crippen molar-refractivity contribution in [1.82, 2.24) is 0 Å².